The maximum atomic E-state index is 5.52. The van der Waals surface area contributed by atoms with Crippen molar-refractivity contribution in [1.29, 1.82) is 0 Å². The lowest BCUT2D eigenvalue weighted by atomic mass is 9.97. The highest BCUT2D eigenvalue weighted by atomic mass is 16.5. The molecule has 2 heteroatoms. The van der Waals surface area contributed by atoms with E-state index in [9.17, 15) is 0 Å². The first-order chi connectivity index (χ1) is 5.27. The summed E-state index contributed by atoms with van der Waals surface area (Å²) in [7, 11) is 0. The third-order valence-electron chi connectivity index (χ3n) is 2.66. The van der Waals surface area contributed by atoms with E-state index in [1.165, 1.54) is 19.5 Å². The monoisotopic (exact) mass is 155 g/mol. The van der Waals surface area contributed by atoms with Crippen molar-refractivity contribution in [1.82, 2.24) is 4.90 Å². The Kier molecular flexibility index (Phi) is 1.90. The highest BCUT2D eigenvalue weighted by Gasteiger charge is 2.42. The summed E-state index contributed by atoms with van der Waals surface area (Å²) in [5.74, 6) is 0.802. The van der Waals surface area contributed by atoms with Crippen LogP contribution in [0.15, 0.2) is 0 Å². The van der Waals surface area contributed by atoms with Gasteiger partial charge in [-0.1, -0.05) is 13.8 Å². The number of likely N-dealkylation sites (tertiary alicyclic amines) is 1. The number of nitrogens with zero attached hydrogens (tertiary/aromatic N) is 1. The van der Waals surface area contributed by atoms with Crippen LogP contribution < -0.4 is 0 Å². The molecule has 0 radical (unpaired) electrons. The molecule has 1 unspecified atom stereocenters. The third kappa shape index (κ3) is 1.30. The molecule has 64 valence electrons. The van der Waals surface area contributed by atoms with Crippen LogP contribution in [0.25, 0.3) is 0 Å². The molecule has 2 heterocycles. The standard InChI is InChI=1S/C9H17NO/c1-7(2)5-10-6-9-8(10)3-4-11-9/h7-9H,3-6H2,1-2H3/t8?,9-/m0/s1. The van der Waals surface area contributed by atoms with Crippen LogP contribution in [-0.4, -0.2) is 36.7 Å². The number of hydrogen-bond acceptors (Lipinski definition) is 2. The molecule has 11 heavy (non-hydrogen) atoms. The van der Waals surface area contributed by atoms with E-state index in [0.717, 1.165) is 18.6 Å². The lowest BCUT2D eigenvalue weighted by molar-refractivity contribution is -0.0445. The molecule has 2 fully saturated rings. The van der Waals surface area contributed by atoms with Crippen LogP contribution in [0.2, 0.25) is 0 Å². The molecule has 2 atom stereocenters. The first kappa shape index (κ1) is 7.56. The maximum absolute atomic E-state index is 5.52. The van der Waals surface area contributed by atoms with Crippen molar-refractivity contribution in [3.05, 3.63) is 0 Å². The van der Waals surface area contributed by atoms with Gasteiger partial charge in [0.2, 0.25) is 0 Å². The smallest absolute Gasteiger partial charge is 0.0857 e. The van der Waals surface area contributed by atoms with E-state index in [1.807, 2.05) is 0 Å². The molecule has 2 nitrogen and oxygen atoms in total. The molecule has 0 amide bonds. The molecule has 0 aromatic heterocycles. The van der Waals surface area contributed by atoms with Crippen molar-refractivity contribution in [2.24, 2.45) is 5.92 Å². The van der Waals surface area contributed by atoms with E-state index >= 15 is 0 Å². The SMILES string of the molecule is CC(C)CN1C[C@@H]2OCCC21. The Balaban J connectivity index is 1.81. The zero-order valence-electron chi connectivity index (χ0n) is 7.42. The van der Waals surface area contributed by atoms with Crippen LogP contribution in [0, 0.1) is 5.92 Å². The highest BCUT2D eigenvalue weighted by molar-refractivity contribution is 4.96. The number of ether oxygens (including phenoxy) is 1. The average Bonchev–Trinajstić information content (AvgIpc) is 2.26. The first-order valence-corrected chi connectivity index (χ1v) is 4.63. The highest BCUT2D eigenvalue weighted by Crippen LogP contribution is 2.30. The van der Waals surface area contributed by atoms with Gasteiger partial charge < -0.3 is 4.74 Å². The van der Waals surface area contributed by atoms with Crippen molar-refractivity contribution in [2.45, 2.75) is 32.4 Å². The van der Waals surface area contributed by atoms with Gasteiger partial charge in [-0.2, -0.15) is 0 Å². The second-order valence-corrected chi connectivity index (χ2v) is 4.11. The van der Waals surface area contributed by atoms with Crippen molar-refractivity contribution in [3.63, 3.8) is 0 Å². The molecule has 0 bridgehead atoms. The molecule has 0 saturated carbocycles. The summed E-state index contributed by atoms with van der Waals surface area (Å²) >= 11 is 0. The molecule has 0 N–H and O–H groups in total. The average molecular weight is 155 g/mol. The Morgan fingerprint density at radius 1 is 1.55 bits per heavy atom. The molecule has 2 aliphatic rings. The van der Waals surface area contributed by atoms with Crippen LogP contribution in [-0.2, 0) is 4.74 Å². The minimum Gasteiger partial charge on any atom is -0.375 e. The van der Waals surface area contributed by atoms with Gasteiger partial charge in [-0.3, -0.25) is 4.90 Å². The van der Waals surface area contributed by atoms with Crippen LogP contribution in [0.3, 0.4) is 0 Å². The van der Waals surface area contributed by atoms with Crippen LogP contribution >= 0.6 is 0 Å². The minimum absolute atomic E-state index is 0.591. The number of fused-ring (bicyclic) bond motifs is 1. The zero-order valence-corrected chi connectivity index (χ0v) is 7.42. The van der Waals surface area contributed by atoms with Gasteiger partial charge in [0.05, 0.1) is 6.10 Å². The quantitative estimate of drug-likeness (QED) is 0.592. The molecule has 2 rings (SSSR count). The van der Waals surface area contributed by atoms with E-state index in [-0.39, 0.29) is 0 Å². The van der Waals surface area contributed by atoms with Gasteiger partial charge in [0, 0.05) is 25.7 Å². The topological polar surface area (TPSA) is 12.5 Å². The maximum Gasteiger partial charge on any atom is 0.0857 e. The fourth-order valence-electron chi connectivity index (χ4n) is 2.14. The molecular formula is C9H17NO. The number of rotatable bonds is 2. The van der Waals surface area contributed by atoms with E-state index in [4.69, 9.17) is 4.74 Å². The van der Waals surface area contributed by atoms with Crippen molar-refractivity contribution in [3.8, 4) is 0 Å². The summed E-state index contributed by atoms with van der Waals surface area (Å²) < 4.78 is 5.52. The molecular weight excluding hydrogens is 138 g/mol. The summed E-state index contributed by atoms with van der Waals surface area (Å²) in [6, 6.07) is 0.775. The second kappa shape index (κ2) is 2.76. The summed E-state index contributed by atoms with van der Waals surface area (Å²) in [6.07, 6.45) is 1.85. The van der Waals surface area contributed by atoms with E-state index in [2.05, 4.69) is 18.7 Å². The molecule has 0 aliphatic carbocycles. The largest absolute Gasteiger partial charge is 0.375 e. The predicted octanol–water partition coefficient (Wildman–Crippen LogP) is 1.12. The normalized spacial score (nSPS) is 37.4. The molecule has 2 saturated heterocycles. The lowest BCUT2D eigenvalue weighted by Gasteiger charge is -2.43. The van der Waals surface area contributed by atoms with Crippen LogP contribution in [0.5, 0.6) is 0 Å². The first-order valence-electron chi connectivity index (χ1n) is 4.63. The zero-order chi connectivity index (χ0) is 7.84. The van der Waals surface area contributed by atoms with Crippen LogP contribution in [0.1, 0.15) is 20.3 Å². The van der Waals surface area contributed by atoms with Gasteiger partial charge in [-0.15, -0.1) is 0 Å². The van der Waals surface area contributed by atoms with Gasteiger partial charge in [0.1, 0.15) is 0 Å². The Bertz CT molecular complexity index is 146. The molecule has 2 aliphatic heterocycles. The summed E-state index contributed by atoms with van der Waals surface area (Å²) in [5.41, 5.74) is 0. The fraction of sp³-hybridized carbons (Fsp3) is 1.00. The van der Waals surface area contributed by atoms with Crippen molar-refractivity contribution < 1.29 is 4.74 Å². The predicted molar refractivity (Wildman–Crippen MR) is 44.6 cm³/mol. The van der Waals surface area contributed by atoms with Gasteiger partial charge in [-0.25, -0.2) is 0 Å². The van der Waals surface area contributed by atoms with Crippen molar-refractivity contribution >= 4 is 0 Å². The van der Waals surface area contributed by atoms with E-state index in [1.54, 1.807) is 0 Å². The Labute approximate surface area is 68.5 Å². The Morgan fingerprint density at radius 2 is 2.36 bits per heavy atom. The van der Waals surface area contributed by atoms with E-state index in [0.29, 0.717) is 6.10 Å². The third-order valence-corrected chi connectivity index (χ3v) is 2.66. The fourth-order valence-corrected chi connectivity index (χ4v) is 2.14. The van der Waals surface area contributed by atoms with Gasteiger partial charge >= 0.3 is 0 Å². The summed E-state index contributed by atoms with van der Waals surface area (Å²) in [6.45, 7) is 7.99. The summed E-state index contributed by atoms with van der Waals surface area (Å²) in [4.78, 5) is 2.56. The lowest BCUT2D eigenvalue weighted by Crippen LogP contribution is -2.58. The second-order valence-electron chi connectivity index (χ2n) is 4.11. The Hall–Kier alpha value is -0.0800. The molecule has 0 spiro atoms. The van der Waals surface area contributed by atoms with E-state index < -0.39 is 0 Å². The number of hydrogen-bond donors (Lipinski definition) is 0. The van der Waals surface area contributed by atoms with Crippen LogP contribution in [0.4, 0.5) is 0 Å². The molecule has 0 aromatic rings. The Morgan fingerprint density at radius 3 is 3.00 bits per heavy atom. The minimum atomic E-state index is 0.591. The summed E-state index contributed by atoms with van der Waals surface area (Å²) in [5, 5.41) is 0. The molecule has 0 aromatic carbocycles. The van der Waals surface area contributed by atoms with Crippen molar-refractivity contribution in [2.75, 3.05) is 19.7 Å². The van der Waals surface area contributed by atoms with Gasteiger partial charge in [-0.05, 0) is 12.3 Å². The van der Waals surface area contributed by atoms with Gasteiger partial charge in [0.25, 0.3) is 0 Å². The van der Waals surface area contributed by atoms with Gasteiger partial charge in [0.15, 0.2) is 0 Å².